The van der Waals surface area contributed by atoms with Crippen LogP contribution in [0.3, 0.4) is 0 Å². The van der Waals surface area contributed by atoms with Crippen molar-refractivity contribution in [2.45, 2.75) is 164 Å². The van der Waals surface area contributed by atoms with Crippen LogP contribution in [0.1, 0.15) is 96.8 Å². The number of hydrogen-bond donors (Lipinski definition) is 15. The monoisotopic (exact) mass is 1010 g/mol. The molecule has 0 aliphatic carbocycles. The van der Waals surface area contributed by atoms with Crippen LogP contribution >= 0.6 is 7.82 Å². The number of phosphoric acid groups is 1. The van der Waals surface area contributed by atoms with Crippen LogP contribution in [-0.4, -0.2) is 194 Å². The quantitative estimate of drug-likeness (QED) is 0.0205. The van der Waals surface area contributed by atoms with Crippen molar-refractivity contribution in [1.82, 2.24) is 0 Å². The molecule has 0 spiro atoms. The average Bonchev–Trinajstić information content (AvgIpc) is 3.85. The van der Waals surface area contributed by atoms with E-state index in [1.807, 2.05) is 0 Å². The highest BCUT2D eigenvalue weighted by Crippen LogP contribution is 2.42. The summed E-state index contributed by atoms with van der Waals surface area (Å²) in [6.07, 6.45) is -1.06. The molecule has 4 heterocycles. The van der Waals surface area contributed by atoms with Crippen LogP contribution in [0, 0.1) is 0 Å². The van der Waals surface area contributed by atoms with Gasteiger partial charge in [0.15, 0.2) is 35.6 Å². The smallest absolute Gasteiger partial charge is 0.505 e. The first-order valence-electron chi connectivity index (χ1n) is 21.8. The van der Waals surface area contributed by atoms with Gasteiger partial charge in [-0.1, -0.05) is 84.0 Å². The maximum Gasteiger partial charge on any atom is 0.525 e. The van der Waals surface area contributed by atoms with E-state index in [1.165, 1.54) is 64.2 Å². The van der Waals surface area contributed by atoms with Crippen LogP contribution in [0.5, 0.6) is 0 Å². The number of rotatable bonds is 26. The minimum atomic E-state index is -5.02. The highest BCUT2D eigenvalue weighted by molar-refractivity contribution is 7.46. The molecule has 0 aromatic heterocycles. The number of carbonyl (C=O) groups is 4. The second-order valence-electron chi connectivity index (χ2n) is 15.8. The molecule has 4 aliphatic rings. The lowest BCUT2D eigenvalue weighted by Gasteiger charge is -2.39. The summed E-state index contributed by atoms with van der Waals surface area (Å²) in [5.74, 6) is -9.40. The molecule has 28 heteroatoms. The number of carbonyl (C=O) groups excluding carboxylic acids is 4. The average molecular weight is 1010 g/mol. The lowest BCUT2D eigenvalue weighted by Crippen LogP contribution is -2.59. The molecule has 68 heavy (non-hydrogen) atoms. The Hall–Kier alpha value is -4.35. The van der Waals surface area contributed by atoms with Gasteiger partial charge in [0.2, 0.25) is 17.8 Å². The Labute approximate surface area is 389 Å². The van der Waals surface area contributed by atoms with E-state index in [-0.39, 0.29) is 6.42 Å². The second-order valence-corrected chi connectivity index (χ2v) is 16.9. The summed E-state index contributed by atoms with van der Waals surface area (Å²) in [5.41, 5.74) is 0. The van der Waals surface area contributed by atoms with E-state index in [1.54, 1.807) is 0 Å². The van der Waals surface area contributed by atoms with E-state index in [9.17, 15) is 69.7 Å². The normalized spacial score (nSPS) is 26.2. The third kappa shape index (κ3) is 18.5. The number of cyclic esters (lactones) is 3. The summed E-state index contributed by atoms with van der Waals surface area (Å²) in [7, 11) is -5.02. The third-order valence-electron chi connectivity index (χ3n) is 10.4. The fourth-order valence-corrected chi connectivity index (χ4v) is 6.98. The molecule has 0 saturated carbocycles. The van der Waals surface area contributed by atoms with Crippen molar-refractivity contribution in [3.63, 3.8) is 0 Å². The van der Waals surface area contributed by atoms with E-state index in [0.29, 0.717) is 0 Å². The first-order chi connectivity index (χ1) is 32.0. The number of esters is 4. The van der Waals surface area contributed by atoms with Gasteiger partial charge >= 0.3 is 31.7 Å². The van der Waals surface area contributed by atoms with Gasteiger partial charge in [0.25, 0.3) is 5.76 Å². The van der Waals surface area contributed by atoms with Gasteiger partial charge in [-0.05, 0) is 6.42 Å². The molecule has 15 N–H and O–H groups in total. The van der Waals surface area contributed by atoms with Crippen molar-refractivity contribution in [3.8, 4) is 0 Å². The summed E-state index contributed by atoms with van der Waals surface area (Å²) >= 11 is 0. The maximum absolute atomic E-state index is 11.7. The molecule has 0 aromatic carbocycles. The molecule has 0 bridgehead atoms. The van der Waals surface area contributed by atoms with E-state index in [2.05, 4.69) is 25.7 Å². The highest BCUT2D eigenvalue weighted by Gasteiger charge is 2.48. The number of phosphoric ester groups is 1. The summed E-state index contributed by atoms with van der Waals surface area (Å²) in [6.45, 7) is -0.485. The van der Waals surface area contributed by atoms with Crippen molar-refractivity contribution >= 4 is 31.7 Å². The predicted molar refractivity (Wildman–Crippen MR) is 223 cm³/mol. The number of aliphatic hydroxyl groups is 13. The van der Waals surface area contributed by atoms with Crippen molar-refractivity contribution in [2.24, 2.45) is 0 Å². The molecule has 4 rings (SSSR count). The van der Waals surface area contributed by atoms with E-state index >= 15 is 0 Å². The van der Waals surface area contributed by atoms with Gasteiger partial charge in [0.05, 0.1) is 19.8 Å². The van der Waals surface area contributed by atoms with Gasteiger partial charge in [0, 0.05) is 6.42 Å². The van der Waals surface area contributed by atoms with E-state index in [4.69, 9.17) is 44.4 Å². The molecule has 392 valence electrons. The minimum absolute atomic E-state index is 0.266. The van der Waals surface area contributed by atoms with Crippen molar-refractivity contribution < 1.29 is 133 Å². The van der Waals surface area contributed by atoms with Crippen molar-refractivity contribution in [2.75, 3.05) is 26.4 Å². The van der Waals surface area contributed by atoms with Crippen LogP contribution in [0.4, 0.5) is 0 Å². The number of unbranched alkanes of at least 4 members (excludes halogenated alkanes) is 12. The second kappa shape index (κ2) is 29.6. The van der Waals surface area contributed by atoms with Crippen LogP contribution < -0.4 is 0 Å². The summed E-state index contributed by atoms with van der Waals surface area (Å²) in [4.78, 5) is 62.3. The van der Waals surface area contributed by atoms with Crippen molar-refractivity contribution in [1.29, 1.82) is 0 Å². The van der Waals surface area contributed by atoms with Gasteiger partial charge in [-0.25, -0.2) is 18.9 Å². The Morgan fingerprint density at radius 2 is 1.06 bits per heavy atom. The lowest BCUT2D eigenvalue weighted by molar-refractivity contribution is -0.291. The first kappa shape index (κ1) is 59.8. The van der Waals surface area contributed by atoms with Gasteiger partial charge < -0.3 is 99.3 Å². The SMILES string of the molecule is CCCCCCCCCCCCCCCC(=O)OCC(O)C1OC(=O)C(O)=C1O.O=C1OC(C(O)CO)C(O)=C1OP(=O)(O)O.O=C1OC(C(O)CO)C(O)=C1O[C@@H]1OC(CO)[C@H](O)C(O)C1O. The van der Waals surface area contributed by atoms with Gasteiger partial charge in [-0.3, -0.25) is 14.6 Å². The molecule has 4 aliphatic heterocycles. The Balaban J connectivity index is 0.000000364. The number of ether oxygens (including phenoxy) is 6. The molecule has 0 aromatic rings. The van der Waals surface area contributed by atoms with Gasteiger partial charge in [-0.15, -0.1) is 0 Å². The molecular formula is C40H65O27P. The summed E-state index contributed by atoms with van der Waals surface area (Å²) < 4.78 is 42.8. The lowest BCUT2D eigenvalue weighted by atomic mass is 9.99. The Morgan fingerprint density at radius 3 is 1.50 bits per heavy atom. The molecule has 9 unspecified atom stereocenters. The Bertz CT molecular complexity index is 1760. The highest BCUT2D eigenvalue weighted by atomic mass is 31.2. The van der Waals surface area contributed by atoms with E-state index in [0.717, 1.165) is 19.3 Å². The Morgan fingerprint density at radius 1 is 0.618 bits per heavy atom. The maximum atomic E-state index is 11.7. The van der Waals surface area contributed by atoms with Crippen LogP contribution in [0.2, 0.25) is 0 Å². The third-order valence-corrected chi connectivity index (χ3v) is 10.8. The Kier molecular flexibility index (Phi) is 26.0. The summed E-state index contributed by atoms with van der Waals surface area (Å²) in [6, 6.07) is 0. The van der Waals surface area contributed by atoms with Gasteiger partial charge in [-0.2, -0.15) is 0 Å². The molecule has 0 amide bonds. The zero-order valence-corrected chi connectivity index (χ0v) is 38.0. The fourth-order valence-electron chi connectivity index (χ4n) is 6.57. The van der Waals surface area contributed by atoms with Crippen LogP contribution in [0.15, 0.2) is 34.6 Å². The zero-order valence-electron chi connectivity index (χ0n) is 37.1. The topological polar surface area (TPSA) is 453 Å². The zero-order chi connectivity index (χ0) is 51.3. The minimum Gasteiger partial charge on any atom is -0.505 e. The molecule has 0 radical (unpaired) electrons. The van der Waals surface area contributed by atoms with Crippen LogP contribution in [0.25, 0.3) is 0 Å². The predicted octanol–water partition coefficient (Wildman–Crippen LogP) is -1.38. The van der Waals surface area contributed by atoms with E-state index < -0.39 is 160 Å². The van der Waals surface area contributed by atoms with Crippen molar-refractivity contribution in [3.05, 3.63) is 34.6 Å². The molecule has 1 saturated heterocycles. The number of aliphatic hydroxyl groups excluding tert-OH is 13. The fraction of sp³-hybridized carbons (Fsp3) is 0.750. The number of hydrogen-bond acceptors (Lipinski definition) is 25. The molecule has 1 fully saturated rings. The first-order valence-corrected chi connectivity index (χ1v) is 23.3. The van der Waals surface area contributed by atoms with Crippen LogP contribution in [-0.2, 0) is 56.7 Å². The molecule has 11 atom stereocenters. The molecular weight excluding hydrogens is 943 g/mol. The standard InChI is InChI=1S/C22H38O7.C12H18O11.C6H9O9P/c1-2-3-4-5-6-7-8-9-10-11-12-13-14-15-18(24)28-16-17(23)21-19(25)20(26)22(27)29-21;13-1-3(15)9-8(19)10(11(20)22-9)23-12-7(18)6(17)5(16)4(2-14)21-12;7-1-2(8)4-3(9)5(6(10)14-4)15-16(11,12)13/h17,21,23,25-26H,2-16H2,1H3;3-7,9,12-19H,1-2H2;2,4,7-9H,1H2,(H2,11,12,13)/t;3?,4?,5-,6?,7?,9?,12-;/m.0./s1. The largest absolute Gasteiger partial charge is 0.525 e. The summed E-state index contributed by atoms with van der Waals surface area (Å²) in [5, 5.41) is 122. The molecule has 27 nitrogen and oxygen atoms in total. The van der Waals surface area contributed by atoms with Gasteiger partial charge in [0.1, 0.15) is 49.3 Å².